The van der Waals surface area contributed by atoms with Crippen LogP contribution < -0.4 is 16.1 Å². The van der Waals surface area contributed by atoms with Gasteiger partial charge in [0.05, 0.1) is 16.0 Å². The fourth-order valence-electron chi connectivity index (χ4n) is 4.95. The number of aromatic hydroxyl groups is 1. The molecule has 1 amide bonds. The highest BCUT2D eigenvalue weighted by Crippen LogP contribution is 2.39. The van der Waals surface area contributed by atoms with Crippen molar-refractivity contribution in [3.05, 3.63) is 87.0 Å². The van der Waals surface area contributed by atoms with Gasteiger partial charge in [0.2, 0.25) is 5.91 Å². The van der Waals surface area contributed by atoms with Crippen LogP contribution in [0.5, 0.6) is 5.75 Å². The van der Waals surface area contributed by atoms with Gasteiger partial charge in [0.1, 0.15) is 11.5 Å². The second-order valence-electron chi connectivity index (χ2n) is 10.2. The minimum Gasteiger partial charge on any atom is -0.506 e. The molecular weight excluding hydrogens is 520 g/mol. The summed E-state index contributed by atoms with van der Waals surface area (Å²) in [6, 6.07) is 11.8. The average molecular weight is 553 g/mol. The number of nitrogens with one attached hydrogen (secondary N) is 1. The van der Waals surface area contributed by atoms with Crippen LogP contribution >= 0.6 is 0 Å². The molecule has 0 saturated heterocycles. The lowest BCUT2D eigenvalue weighted by Crippen LogP contribution is -2.21. The van der Waals surface area contributed by atoms with Crippen LogP contribution in [0.25, 0.3) is 0 Å². The van der Waals surface area contributed by atoms with Crippen molar-refractivity contribution < 1.29 is 27.5 Å². The SMILES string of the molecule is CC(C)CC(c1cccc(NS(=O)(=O)c2ccc(C(N)=O)cc2)c1)c1c(O)c2c(oc1=O)CCCCCC2=O. The van der Waals surface area contributed by atoms with Crippen LogP contribution in [0.4, 0.5) is 5.69 Å². The summed E-state index contributed by atoms with van der Waals surface area (Å²) in [7, 11) is -4.01. The van der Waals surface area contributed by atoms with Crippen LogP contribution in [0.15, 0.2) is 62.6 Å². The van der Waals surface area contributed by atoms with Crippen LogP contribution in [0, 0.1) is 5.92 Å². The van der Waals surface area contributed by atoms with Gasteiger partial charge in [0.25, 0.3) is 10.0 Å². The van der Waals surface area contributed by atoms with Crippen molar-refractivity contribution in [3.8, 4) is 5.75 Å². The molecule has 0 bridgehead atoms. The summed E-state index contributed by atoms with van der Waals surface area (Å²) in [4.78, 5) is 37.4. The first-order chi connectivity index (χ1) is 18.5. The van der Waals surface area contributed by atoms with Crippen LogP contribution in [0.1, 0.15) is 89.5 Å². The van der Waals surface area contributed by atoms with E-state index < -0.39 is 27.5 Å². The molecule has 1 aliphatic carbocycles. The zero-order valence-electron chi connectivity index (χ0n) is 21.9. The van der Waals surface area contributed by atoms with Gasteiger partial charge in [-0.2, -0.15) is 0 Å². The molecule has 1 unspecified atom stereocenters. The Labute approximate surface area is 227 Å². The summed E-state index contributed by atoms with van der Waals surface area (Å²) in [5.41, 5.74) is 5.61. The Morgan fingerprint density at radius 1 is 1.05 bits per heavy atom. The van der Waals surface area contributed by atoms with Crippen molar-refractivity contribution in [2.45, 2.75) is 63.2 Å². The van der Waals surface area contributed by atoms with Gasteiger partial charge in [-0.1, -0.05) is 32.4 Å². The molecule has 0 spiro atoms. The molecule has 39 heavy (non-hydrogen) atoms. The molecule has 0 saturated carbocycles. The number of sulfonamides is 1. The molecule has 0 fully saturated rings. The summed E-state index contributed by atoms with van der Waals surface area (Å²) in [5, 5.41) is 11.3. The van der Waals surface area contributed by atoms with E-state index in [0.29, 0.717) is 24.8 Å². The number of primary amides is 1. The Balaban J connectivity index is 1.74. The second-order valence-corrected chi connectivity index (χ2v) is 11.9. The Bertz CT molecular complexity index is 1560. The van der Waals surface area contributed by atoms with Gasteiger partial charge >= 0.3 is 5.63 Å². The van der Waals surface area contributed by atoms with Crippen molar-refractivity contribution in [1.82, 2.24) is 0 Å². The van der Waals surface area contributed by atoms with Gasteiger partial charge in [-0.15, -0.1) is 0 Å². The van der Waals surface area contributed by atoms with E-state index in [0.717, 1.165) is 12.8 Å². The van der Waals surface area contributed by atoms with E-state index in [-0.39, 0.29) is 56.9 Å². The Morgan fingerprint density at radius 3 is 2.41 bits per heavy atom. The van der Waals surface area contributed by atoms with Gasteiger partial charge in [0.15, 0.2) is 5.78 Å². The molecule has 1 aliphatic rings. The minimum atomic E-state index is -4.01. The Morgan fingerprint density at radius 2 is 1.74 bits per heavy atom. The first kappa shape index (κ1) is 28.1. The highest BCUT2D eigenvalue weighted by molar-refractivity contribution is 7.92. The number of Topliss-reactive ketones (excluding diaryl/α,β-unsaturated/α-hetero) is 1. The van der Waals surface area contributed by atoms with Gasteiger partial charge in [-0.05, 0) is 67.1 Å². The van der Waals surface area contributed by atoms with Crippen molar-refractivity contribution in [1.29, 1.82) is 0 Å². The second kappa shape index (κ2) is 11.4. The molecule has 206 valence electrons. The number of carbonyl (C=O) groups is 2. The fourth-order valence-corrected chi connectivity index (χ4v) is 6.00. The Kier molecular flexibility index (Phi) is 8.25. The Hall–Kier alpha value is -3.92. The third-order valence-corrected chi connectivity index (χ3v) is 8.24. The lowest BCUT2D eigenvalue weighted by molar-refractivity contribution is 0.0966. The molecular formula is C29H32N2O7S. The highest BCUT2D eigenvalue weighted by atomic mass is 32.2. The van der Waals surface area contributed by atoms with Crippen molar-refractivity contribution in [2.24, 2.45) is 11.7 Å². The number of fused-ring (bicyclic) bond motifs is 1. The molecule has 0 aliphatic heterocycles. The number of amides is 1. The summed E-state index contributed by atoms with van der Waals surface area (Å²) in [6.45, 7) is 3.93. The third kappa shape index (κ3) is 6.22. The number of carbonyl (C=O) groups excluding carboxylic acids is 2. The minimum absolute atomic E-state index is 0.00146. The average Bonchev–Trinajstić information content (AvgIpc) is 2.86. The van der Waals surface area contributed by atoms with E-state index in [4.69, 9.17) is 10.2 Å². The maximum absolute atomic E-state index is 13.2. The molecule has 10 heteroatoms. The molecule has 9 nitrogen and oxygen atoms in total. The largest absolute Gasteiger partial charge is 0.506 e. The predicted molar refractivity (Wildman–Crippen MR) is 147 cm³/mol. The van der Waals surface area contributed by atoms with Crippen molar-refractivity contribution in [2.75, 3.05) is 4.72 Å². The molecule has 1 atom stereocenters. The number of nitrogens with two attached hydrogens (primary N) is 1. The molecule has 1 heterocycles. The first-order valence-corrected chi connectivity index (χ1v) is 14.4. The lowest BCUT2D eigenvalue weighted by atomic mass is 9.83. The molecule has 4 rings (SSSR count). The number of hydrogen-bond acceptors (Lipinski definition) is 7. The van der Waals surface area contributed by atoms with Gasteiger partial charge < -0.3 is 15.3 Å². The molecule has 4 N–H and O–H groups in total. The molecule has 3 aromatic rings. The van der Waals surface area contributed by atoms with E-state index in [9.17, 15) is 27.9 Å². The number of anilines is 1. The monoisotopic (exact) mass is 552 g/mol. The summed E-state index contributed by atoms with van der Waals surface area (Å²) in [6.07, 6.45) is 3.40. The maximum atomic E-state index is 13.2. The topological polar surface area (TPSA) is 157 Å². The molecule has 2 aromatic carbocycles. The first-order valence-electron chi connectivity index (χ1n) is 12.9. The smallest absolute Gasteiger partial charge is 0.343 e. The van der Waals surface area contributed by atoms with E-state index >= 15 is 0 Å². The third-order valence-electron chi connectivity index (χ3n) is 6.84. The molecule has 1 aromatic heterocycles. The number of hydrogen-bond donors (Lipinski definition) is 3. The van der Waals surface area contributed by atoms with Gasteiger partial charge in [-0.3, -0.25) is 14.3 Å². The predicted octanol–water partition coefficient (Wildman–Crippen LogP) is 4.72. The normalized spacial score (nSPS) is 14.8. The van der Waals surface area contributed by atoms with E-state index in [1.54, 1.807) is 24.3 Å². The lowest BCUT2D eigenvalue weighted by Gasteiger charge is -2.23. The van der Waals surface area contributed by atoms with Crippen LogP contribution in [0.3, 0.4) is 0 Å². The van der Waals surface area contributed by atoms with E-state index in [2.05, 4.69) is 4.72 Å². The number of rotatable bonds is 8. The fraction of sp³-hybridized carbons (Fsp3) is 0.345. The van der Waals surface area contributed by atoms with E-state index in [1.807, 2.05) is 13.8 Å². The summed E-state index contributed by atoms with van der Waals surface area (Å²) < 4.78 is 34.2. The number of benzene rings is 2. The summed E-state index contributed by atoms with van der Waals surface area (Å²) in [5.74, 6) is -1.60. The van der Waals surface area contributed by atoms with Gasteiger partial charge in [0, 0.05) is 30.0 Å². The van der Waals surface area contributed by atoms with Crippen molar-refractivity contribution in [3.63, 3.8) is 0 Å². The van der Waals surface area contributed by atoms with Crippen LogP contribution in [-0.2, 0) is 16.4 Å². The van der Waals surface area contributed by atoms with Crippen molar-refractivity contribution >= 4 is 27.4 Å². The van der Waals surface area contributed by atoms with Crippen LogP contribution in [-0.4, -0.2) is 25.2 Å². The summed E-state index contributed by atoms with van der Waals surface area (Å²) >= 11 is 0. The number of aryl methyl sites for hydroxylation is 1. The van der Waals surface area contributed by atoms with Gasteiger partial charge in [-0.25, -0.2) is 13.2 Å². The maximum Gasteiger partial charge on any atom is 0.343 e. The highest BCUT2D eigenvalue weighted by Gasteiger charge is 2.31. The zero-order chi connectivity index (χ0) is 28.3. The van der Waals surface area contributed by atoms with E-state index in [1.165, 1.54) is 24.3 Å². The zero-order valence-corrected chi connectivity index (χ0v) is 22.7. The standard InChI is InChI=1S/C29H32N2O7S/c1-17(2)15-22(25-27(33)26-23(32)9-4-3-5-10-24(26)38-29(25)35)19-7-6-8-20(16-19)31-39(36,37)21-13-11-18(12-14-21)28(30)34/h6-8,11-14,16-17,22,31,33H,3-5,9-10,15H2,1-2H3,(H2,30,34). The number of ketones is 1. The molecule has 0 radical (unpaired) electrons. The van der Waals surface area contributed by atoms with Crippen LogP contribution in [0.2, 0.25) is 0 Å². The quantitative estimate of drug-likeness (QED) is 0.365.